The van der Waals surface area contributed by atoms with E-state index in [9.17, 15) is 29.5 Å². The Morgan fingerprint density at radius 3 is 2.49 bits per heavy atom. The van der Waals surface area contributed by atoms with Crippen molar-refractivity contribution in [2.75, 3.05) is 13.3 Å². The second kappa shape index (κ2) is 14.6. The van der Waals surface area contributed by atoms with Gasteiger partial charge in [-0.1, -0.05) is 33.1 Å². The second-order valence-corrected chi connectivity index (χ2v) is 8.44. The third-order valence-electron chi connectivity index (χ3n) is 5.88. The van der Waals surface area contributed by atoms with Gasteiger partial charge in [-0.2, -0.15) is 0 Å². The maximum atomic E-state index is 12.8. The second-order valence-electron chi connectivity index (χ2n) is 8.44. The molecule has 0 fully saturated rings. The number of carbonyl (C=O) groups excluding carboxylic acids is 3. The summed E-state index contributed by atoms with van der Waals surface area (Å²) >= 11 is 0. The van der Waals surface area contributed by atoms with E-state index in [-0.39, 0.29) is 30.2 Å². The molecule has 202 valence electrons. The molecule has 1 heterocycles. The molecule has 4 N–H and O–H groups in total. The van der Waals surface area contributed by atoms with E-state index in [4.69, 9.17) is 9.15 Å². The van der Waals surface area contributed by atoms with Crippen LogP contribution in [0, 0.1) is 5.92 Å². The summed E-state index contributed by atoms with van der Waals surface area (Å²) in [5.41, 5.74) is 0.445. The molecule has 11 nitrogen and oxygen atoms in total. The highest BCUT2D eigenvalue weighted by Crippen LogP contribution is 2.28. The zero-order chi connectivity index (χ0) is 27.4. The first-order valence-electron chi connectivity index (χ1n) is 12.3. The first-order valence-corrected chi connectivity index (χ1v) is 12.3. The number of amides is 3. The normalized spacial score (nSPS) is 12.3. The number of aromatic carboxylic acids is 1. The maximum absolute atomic E-state index is 12.8. The fraction of sp³-hybridized carbons (Fsp3) is 0.462. The SMILES string of the molecule is CCCCCC(C(=O)NCNC(=O)c1ccc(-c2cc(OCC)cc(C(=O)O)c2)o1)C(CC)N(O)C=O. The van der Waals surface area contributed by atoms with E-state index in [1.54, 1.807) is 19.9 Å². The number of nitrogens with zero attached hydrogens (tertiary/aromatic N) is 1. The smallest absolute Gasteiger partial charge is 0.335 e. The van der Waals surface area contributed by atoms with Crippen LogP contribution < -0.4 is 15.4 Å². The fourth-order valence-electron chi connectivity index (χ4n) is 4.01. The molecule has 2 unspecified atom stereocenters. The molecule has 1 aromatic heterocycles. The molecule has 2 atom stereocenters. The van der Waals surface area contributed by atoms with Crippen molar-refractivity contribution < 1.29 is 38.6 Å². The number of unbranched alkanes of at least 4 members (excludes halogenated alkanes) is 2. The van der Waals surface area contributed by atoms with Gasteiger partial charge in [-0.15, -0.1) is 0 Å². The lowest BCUT2D eigenvalue weighted by molar-refractivity contribution is -0.168. The summed E-state index contributed by atoms with van der Waals surface area (Å²) in [5.74, 6) is -2.14. The number of benzene rings is 1. The first kappa shape index (κ1) is 29.4. The Hall–Kier alpha value is -3.86. The quantitative estimate of drug-likeness (QED) is 0.0863. The van der Waals surface area contributed by atoms with Crippen LogP contribution in [-0.2, 0) is 9.59 Å². The van der Waals surface area contributed by atoms with Crippen LogP contribution in [0.2, 0.25) is 0 Å². The van der Waals surface area contributed by atoms with Crippen molar-refractivity contribution in [3.63, 3.8) is 0 Å². The molecule has 0 aliphatic heterocycles. The number of rotatable bonds is 16. The number of carbonyl (C=O) groups is 4. The Morgan fingerprint density at radius 2 is 1.86 bits per heavy atom. The third-order valence-corrected chi connectivity index (χ3v) is 5.88. The van der Waals surface area contributed by atoms with Gasteiger partial charge >= 0.3 is 5.97 Å². The molecule has 0 spiro atoms. The number of hydrogen-bond donors (Lipinski definition) is 4. The zero-order valence-corrected chi connectivity index (χ0v) is 21.4. The van der Waals surface area contributed by atoms with E-state index >= 15 is 0 Å². The number of ether oxygens (including phenoxy) is 1. The van der Waals surface area contributed by atoms with Crippen LogP contribution in [0.15, 0.2) is 34.7 Å². The van der Waals surface area contributed by atoms with Gasteiger partial charge in [0.2, 0.25) is 12.3 Å². The van der Waals surface area contributed by atoms with Gasteiger partial charge in [0.1, 0.15) is 11.5 Å². The van der Waals surface area contributed by atoms with Crippen LogP contribution in [0.25, 0.3) is 11.3 Å². The maximum Gasteiger partial charge on any atom is 0.335 e. The van der Waals surface area contributed by atoms with E-state index in [2.05, 4.69) is 10.6 Å². The van der Waals surface area contributed by atoms with Gasteiger partial charge in [0.15, 0.2) is 5.76 Å². The number of nitrogens with one attached hydrogen (secondary N) is 2. The van der Waals surface area contributed by atoms with E-state index in [0.29, 0.717) is 35.8 Å². The Labute approximate surface area is 215 Å². The van der Waals surface area contributed by atoms with E-state index in [0.717, 1.165) is 19.3 Å². The number of furan rings is 1. The molecule has 0 saturated carbocycles. The van der Waals surface area contributed by atoms with Gasteiger partial charge in [0, 0.05) is 5.56 Å². The minimum Gasteiger partial charge on any atom is -0.494 e. The highest BCUT2D eigenvalue weighted by atomic mass is 16.5. The van der Waals surface area contributed by atoms with Crippen LogP contribution in [0.5, 0.6) is 5.75 Å². The van der Waals surface area contributed by atoms with Crippen LogP contribution in [-0.4, -0.2) is 58.9 Å². The molecule has 0 aliphatic rings. The number of carboxylic acid groups (broad SMARTS) is 1. The Balaban J connectivity index is 2.05. The van der Waals surface area contributed by atoms with Crippen molar-refractivity contribution in [3.8, 4) is 17.1 Å². The van der Waals surface area contributed by atoms with Gasteiger partial charge < -0.3 is 24.9 Å². The number of hydrogen-bond acceptors (Lipinski definition) is 7. The molecule has 0 radical (unpaired) electrons. The molecule has 2 rings (SSSR count). The summed E-state index contributed by atoms with van der Waals surface area (Å²) in [4.78, 5) is 47.9. The lowest BCUT2D eigenvalue weighted by Crippen LogP contribution is -2.47. The van der Waals surface area contributed by atoms with Gasteiger partial charge in [-0.05, 0) is 50.1 Å². The lowest BCUT2D eigenvalue weighted by Gasteiger charge is -2.29. The van der Waals surface area contributed by atoms with Crippen molar-refractivity contribution in [1.82, 2.24) is 15.7 Å². The van der Waals surface area contributed by atoms with Crippen molar-refractivity contribution in [3.05, 3.63) is 41.7 Å². The van der Waals surface area contributed by atoms with Crippen LogP contribution >= 0.6 is 0 Å². The molecule has 11 heteroatoms. The number of hydroxylamine groups is 2. The fourth-order valence-corrected chi connectivity index (χ4v) is 4.01. The summed E-state index contributed by atoms with van der Waals surface area (Å²) in [6, 6.07) is 6.73. The average Bonchev–Trinajstić information content (AvgIpc) is 3.38. The predicted molar refractivity (Wildman–Crippen MR) is 134 cm³/mol. The van der Waals surface area contributed by atoms with Gasteiger partial charge in [-0.3, -0.25) is 19.6 Å². The molecule has 0 bridgehead atoms. The third kappa shape index (κ3) is 8.35. The highest BCUT2D eigenvalue weighted by Gasteiger charge is 2.30. The molecular formula is C26H35N3O8. The van der Waals surface area contributed by atoms with Crippen LogP contribution in [0.4, 0.5) is 0 Å². The topological polar surface area (TPSA) is 158 Å². The average molecular weight is 518 g/mol. The van der Waals surface area contributed by atoms with E-state index < -0.39 is 29.7 Å². The van der Waals surface area contributed by atoms with Crippen LogP contribution in [0.3, 0.4) is 0 Å². The predicted octanol–water partition coefficient (Wildman–Crippen LogP) is 3.67. The molecule has 0 saturated heterocycles. The van der Waals surface area contributed by atoms with Gasteiger partial charge in [-0.25, -0.2) is 9.86 Å². The summed E-state index contributed by atoms with van der Waals surface area (Å²) in [6.07, 6.45) is 3.77. The van der Waals surface area contributed by atoms with Gasteiger partial charge in [0.25, 0.3) is 5.91 Å². The van der Waals surface area contributed by atoms with Crippen molar-refractivity contribution >= 4 is 24.2 Å². The molecule has 1 aromatic carbocycles. The summed E-state index contributed by atoms with van der Waals surface area (Å²) < 4.78 is 11.0. The Bertz CT molecular complexity index is 1070. The van der Waals surface area contributed by atoms with Crippen molar-refractivity contribution in [1.29, 1.82) is 0 Å². The first-order chi connectivity index (χ1) is 17.7. The molecule has 2 aromatic rings. The largest absolute Gasteiger partial charge is 0.494 e. The Kier molecular flexibility index (Phi) is 11.6. The molecule has 37 heavy (non-hydrogen) atoms. The standard InChI is InChI=1S/C26H35N3O8/c1-4-7-8-9-20(21(5-2)29(35)16-30)24(31)27-15-28-25(32)23-11-10-22(37-23)17-12-18(26(33)34)14-19(13-17)36-6-3/h10-14,16,20-21,35H,4-9,15H2,1-3H3,(H,27,31)(H,28,32)(H,33,34). The number of carboxylic acids is 1. The summed E-state index contributed by atoms with van der Waals surface area (Å²) in [7, 11) is 0. The summed E-state index contributed by atoms with van der Waals surface area (Å²) in [6.45, 7) is 5.75. The Morgan fingerprint density at radius 1 is 1.11 bits per heavy atom. The summed E-state index contributed by atoms with van der Waals surface area (Å²) in [5, 5.41) is 25.0. The lowest BCUT2D eigenvalue weighted by atomic mass is 9.90. The van der Waals surface area contributed by atoms with Crippen LogP contribution in [0.1, 0.15) is 73.8 Å². The molecule has 3 amide bonds. The van der Waals surface area contributed by atoms with E-state index in [1.165, 1.54) is 24.3 Å². The van der Waals surface area contributed by atoms with Crippen molar-refractivity contribution in [2.45, 2.75) is 58.9 Å². The highest BCUT2D eigenvalue weighted by molar-refractivity contribution is 5.93. The van der Waals surface area contributed by atoms with Crippen molar-refractivity contribution in [2.24, 2.45) is 5.92 Å². The minimum absolute atomic E-state index is 0.0148. The molecule has 0 aliphatic carbocycles. The van der Waals surface area contributed by atoms with E-state index in [1.807, 2.05) is 6.92 Å². The van der Waals surface area contributed by atoms with Gasteiger partial charge in [0.05, 0.1) is 30.8 Å². The molecular weight excluding hydrogens is 482 g/mol. The minimum atomic E-state index is -1.13. The monoisotopic (exact) mass is 517 g/mol. The zero-order valence-electron chi connectivity index (χ0n) is 21.4.